The summed E-state index contributed by atoms with van der Waals surface area (Å²) in [6.45, 7) is 0. The zero-order valence-corrected chi connectivity index (χ0v) is 11.9. The Labute approximate surface area is 125 Å². The second-order valence-corrected chi connectivity index (χ2v) is 4.41. The number of hydrogen-bond acceptors (Lipinski definition) is 4. The van der Waals surface area contributed by atoms with E-state index in [-0.39, 0.29) is 16.9 Å². The summed E-state index contributed by atoms with van der Waals surface area (Å²) in [5.41, 5.74) is 0.899. The normalized spacial score (nSPS) is 10.1. The number of rotatable bonds is 4. The number of halogens is 1. The Morgan fingerprint density at radius 1 is 1.00 bits per heavy atom. The third kappa shape index (κ3) is 2.90. The molecule has 1 N–H and O–H groups in total. The van der Waals surface area contributed by atoms with Gasteiger partial charge in [0.15, 0.2) is 0 Å². The quantitative estimate of drug-likeness (QED) is 0.879. The van der Waals surface area contributed by atoms with Crippen LogP contribution in [-0.2, 0) is 4.74 Å². The van der Waals surface area contributed by atoms with Crippen LogP contribution in [0.5, 0.6) is 5.75 Å². The molecule has 2 rings (SSSR count). The Kier molecular flexibility index (Phi) is 4.41. The van der Waals surface area contributed by atoms with Gasteiger partial charge in [0.2, 0.25) is 0 Å². The minimum Gasteiger partial charge on any atom is -0.496 e. The molecule has 0 aromatic heterocycles. The highest BCUT2D eigenvalue weighted by molar-refractivity contribution is 5.92. The lowest BCUT2D eigenvalue weighted by Crippen LogP contribution is -2.04. The first-order valence-electron chi connectivity index (χ1n) is 6.27. The summed E-state index contributed by atoms with van der Waals surface area (Å²) >= 11 is 0. The van der Waals surface area contributed by atoms with E-state index in [1.54, 1.807) is 12.1 Å². The van der Waals surface area contributed by atoms with Crippen LogP contribution in [0, 0.1) is 5.82 Å². The molecule has 0 heterocycles. The van der Waals surface area contributed by atoms with Crippen LogP contribution in [0.25, 0.3) is 11.1 Å². The van der Waals surface area contributed by atoms with E-state index in [9.17, 15) is 14.0 Å². The third-order valence-corrected chi connectivity index (χ3v) is 3.14. The lowest BCUT2D eigenvalue weighted by Gasteiger charge is -2.09. The van der Waals surface area contributed by atoms with Gasteiger partial charge in [-0.1, -0.05) is 12.1 Å². The Hall–Kier alpha value is -2.89. The van der Waals surface area contributed by atoms with E-state index in [1.165, 1.54) is 38.5 Å². The second kappa shape index (κ2) is 6.26. The number of carboxylic acids is 1. The van der Waals surface area contributed by atoms with E-state index in [0.29, 0.717) is 11.1 Å². The van der Waals surface area contributed by atoms with Gasteiger partial charge in [-0.05, 0) is 35.4 Å². The molecule has 0 aliphatic heterocycles. The largest absolute Gasteiger partial charge is 0.496 e. The maximum absolute atomic E-state index is 13.9. The van der Waals surface area contributed by atoms with E-state index in [0.717, 1.165) is 0 Å². The van der Waals surface area contributed by atoms with Crippen molar-refractivity contribution in [2.75, 3.05) is 14.2 Å². The summed E-state index contributed by atoms with van der Waals surface area (Å²) in [4.78, 5) is 22.4. The van der Waals surface area contributed by atoms with Crippen molar-refractivity contribution in [1.29, 1.82) is 0 Å². The van der Waals surface area contributed by atoms with Crippen molar-refractivity contribution in [3.63, 3.8) is 0 Å². The maximum atomic E-state index is 13.9. The Morgan fingerprint density at radius 2 is 1.59 bits per heavy atom. The van der Waals surface area contributed by atoms with Gasteiger partial charge in [0.05, 0.1) is 19.8 Å². The molecule has 5 nitrogen and oxygen atoms in total. The fourth-order valence-corrected chi connectivity index (χ4v) is 2.02. The van der Waals surface area contributed by atoms with Crippen molar-refractivity contribution in [3.8, 4) is 16.9 Å². The fourth-order valence-electron chi connectivity index (χ4n) is 2.02. The first kappa shape index (κ1) is 15.5. The fraction of sp³-hybridized carbons (Fsp3) is 0.125. The molecule has 0 saturated carbocycles. The van der Waals surface area contributed by atoms with Gasteiger partial charge in [-0.2, -0.15) is 0 Å². The van der Waals surface area contributed by atoms with Crippen molar-refractivity contribution in [3.05, 3.63) is 53.3 Å². The molecule has 22 heavy (non-hydrogen) atoms. The summed E-state index contributed by atoms with van der Waals surface area (Å²) < 4.78 is 23.4. The minimum absolute atomic E-state index is 0.0119. The smallest absolute Gasteiger partial charge is 0.340 e. The molecular weight excluding hydrogens is 291 g/mol. The molecular formula is C16H13FO5. The van der Waals surface area contributed by atoms with Gasteiger partial charge in [0.25, 0.3) is 0 Å². The van der Waals surface area contributed by atoms with E-state index >= 15 is 0 Å². The Bertz CT molecular complexity index is 739. The average Bonchev–Trinajstić information content (AvgIpc) is 2.53. The van der Waals surface area contributed by atoms with Crippen molar-refractivity contribution < 1.29 is 28.6 Å². The molecule has 6 heteroatoms. The number of ether oxygens (including phenoxy) is 2. The first-order valence-corrected chi connectivity index (χ1v) is 6.27. The highest BCUT2D eigenvalue weighted by Gasteiger charge is 2.15. The molecule has 0 aliphatic rings. The first-order chi connectivity index (χ1) is 10.5. The molecule has 0 atom stereocenters. The van der Waals surface area contributed by atoms with Crippen molar-refractivity contribution in [2.24, 2.45) is 0 Å². The van der Waals surface area contributed by atoms with Crippen LogP contribution in [0.1, 0.15) is 20.7 Å². The lowest BCUT2D eigenvalue weighted by atomic mass is 10.0. The second-order valence-electron chi connectivity index (χ2n) is 4.41. The lowest BCUT2D eigenvalue weighted by molar-refractivity contribution is 0.0594. The van der Waals surface area contributed by atoms with E-state index in [2.05, 4.69) is 4.74 Å². The Morgan fingerprint density at radius 3 is 2.09 bits per heavy atom. The molecule has 2 aromatic rings. The summed E-state index contributed by atoms with van der Waals surface area (Å²) in [6.07, 6.45) is 0. The van der Waals surface area contributed by atoms with Crippen LogP contribution < -0.4 is 4.74 Å². The summed E-state index contributed by atoms with van der Waals surface area (Å²) in [5.74, 6) is -2.42. The van der Waals surface area contributed by atoms with Crippen LogP contribution in [0.2, 0.25) is 0 Å². The molecule has 0 radical (unpaired) electrons. The van der Waals surface area contributed by atoms with Gasteiger partial charge in [0.1, 0.15) is 17.1 Å². The number of esters is 1. The zero-order chi connectivity index (χ0) is 16.3. The van der Waals surface area contributed by atoms with E-state index in [1.807, 2.05) is 0 Å². The predicted molar refractivity (Wildman–Crippen MR) is 76.7 cm³/mol. The number of hydrogen-bond donors (Lipinski definition) is 1. The number of methoxy groups -OCH3 is 2. The summed E-state index contributed by atoms with van der Waals surface area (Å²) in [5, 5.41) is 9.04. The van der Waals surface area contributed by atoms with Crippen molar-refractivity contribution in [1.82, 2.24) is 0 Å². The Balaban J connectivity index is 2.46. The standard InChI is InChI=1S/C16H13FO5/c1-21-14-8-10(4-6-12(14)15(18)19)9-3-5-11(13(17)7-9)16(20)22-2/h3-8H,1-2H3,(H,18,19). The molecule has 0 fully saturated rings. The highest BCUT2D eigenvalue weighted by atomic mass is 19.1. The van der Waals surface area contributed by atoms with Gasteiger partial charge in [0, 0.05) is 0 Å². The molecule has 114 valence electrons. The number of benzene rings is 2. The number of aromatic carboxylic acids is 1. The van der Waals surface area contributed by atoms with Crippen LogP contribution in [0.15, 0.2) is 36.4 Å². The molecule has 0 saturated heterocycles. The molecule has 0 amide bonds. The minimum atomic E-state index is -1.12. The van der Waals surface area contributed by atoms with Crippen LogP contribution in [0.4, 0.5) is 4.39 Å². The number of carbonyl (C=O) groups is 2. The monoisotopic (exact) mass is 304 g/mol. The van der Waals surface area contributed by atoms with Gasteiger partial charge in [-0.25, -0.2) is 14.0 Å². The molecule has 0 spiro atoms. The topological polar surface area (TPSA) is 72.8 Å². The number of carboxylic acid groups (broad SMARTS) is 1. The van der Waals surface area contributed by atoms with Gasteiger partial charge in [-0.3, -0.25) is 0 Å². The SMILES string of the molecule is COC(=O)c1ccc(-c2ccc(C(=O)O)c(OC)c2)cc1F. The number of carbonyl (C=O) groups excluding carboxylic acids is 1. The zero-order valence-electron chi connectivity index (χ0n) is 11.9. The van der Waals surface area contributed by atoms with Crippen LogP contribution in [0.3, 0.4) is 0 Å². The van der Waals surface area contributed by atoms with Gasteiger partial charge in [-0.15, -0.1) is 0 Å². The van der Waals surface area contributed by atoms with Crippen molar-refractivity contribution in [2.45, 2.75) is 0 Å². The van der Waals surface area contributed by atoms with Crippen molar-refractivity contribution >= 4 is 11.9 Å². The third-order valence-electron chi connectivity index (χ3n) is 3.14. The maximum Gasteiger partial charge on any atom is 0.340 e. The van der Waals surface area contributed by atoms with E-state index < -0.39 is 17.8 Å². The highest BCUT2D eigenvalue weighted by Crippen LogP contribution is 2.28. The molecule has 0 unspecified atom stereocenters. The van der Waals surface area contributed by atoms with Crippen LogP contribution in [-0.4, -0.2) is 31.3 Å². The van der Waals surface area contributed by atoms with Crippen LogP contribution >= 0.6 is 0 Å². The summed E-state index contributed by atoms with van der Waals surface area (Å²) in [7, 11) is 2.53. The van der Waals surface area contributed by atoms with Gasteiger partial charge < -0.3 is 14.6 Å². The predicted octanol–water partition coefficient (Wildman–Crippen LogP) is 2.99. The molecule has 0 bridgehead atoms. The van der Waals surface area contributed by atoms with Gasteiger partial charge >= 0.3 is 11.9 Å². The average molecular weight is 304 g/mol. The summed E-state index contributed by atoms with van der Waals surface area (Å²) in [6, 6.07) is 8.46. The molecule has 2 aromatic carbocycles. The molecule has 0 aliphatic carbocycles. The van der Waals surface area contributed by atoms with E-state index in [4.69, 9.17) is 9.84 Å².